The summed E-state index contributed by atoms with van der Waals surface area (Å²) in [6.45, 7) is 2.20. The number of halogens is 1. The van der Waals surface area contributed by atoms with Crippen LogP contribution in [0.25, 0.3) is 17.2 Å². The van der Waals surface area contributed by atoms with Crippen molar-refractivity contribution in [2.24, 2.45) is 0 Å². The Labute approximate surface area is 237 Å². The molecule has 0 saturated carbocycles. The second kappa shape index (κ2) is 11.5. The van der Waals surface area contributed by atoms with Gasteiger partial charge in [-0.15, -0.1) is 0 Å². The monoisotopic (exact) mass is 576 g/mol. The van der Waals surface area contributed by atoms with E-state index in [9.17, 15) is 19.1 Å². The second-order valence-corrected chi connectivity index (χ2v) is 9.30. The fourth-order valence-electron chi connectivity index (χ4n) is 4.76. The minimum Gasteiger partial charge on any atom is -0.478 e. The van der Waals surface area contributed by atoms with E-state index in [-0.39, 0.29) is 16.9 Å². The van der Waals surface area contributed by atoms with Gasteiger partial charge in [0.2, 0.25) is 6.29 Å². The average molecular weight is 577 g/mol. The maximum Gasteiger partial charge on any atom is 0.339 e. The number of rotatable bonds is 8. The molecule has 216 valence electrons. The summed E-state index contributed by atoms with van der Waals surface area (Å²) >= 11 is 0. The van der Waals surface area contributed by atoms with E-state index in [0.717, 1.165) is 11.6 Å². The van der Waals surface area contributed by atoms with Crippen molar-refractivity contribution in [1.82, 2.24) is 24.8 Å². The second-order valence-electron chi connectivity index (χ2n) is 9.30. The van der Waals surface area contributed by atoms with Crippen molar-refractivity contribution in [3.63, 3.8) is 0 Å². The lowest BCUT2D eigenvalue weighted by Gasteiger charge is -2.21. The zero-order valence-electron chi connectivity index (χ0n) is 22.1. The number of nitrogens with zero attached hydrogens (tertiary/aromatic N) is 4. The van der Waals surface area contributed by atoms with Gasteiger partial charge in [0.1, 0.15) is 18.0 Å². The average Bonchev–Trinajstić information content (AvgIpc) is 3.68. The Hall–Kier alpha value is -4.92. The maximum atomic E-state index is 14.8. The number of hydrogen-bond donors (Lipinski definition) is 3. The van der Waals surface area contributed by atoms with Gasteiger partial charge in [-0.2, -0.15) is 0 Å². The van der Waals surface area contributed by atoms with Gasteiger partial charge in [0.15, 0.2) is 47.2 Å². The number of amides is 2. The third kappa shape index (κ3) is 5.25. The highest BCUT2D eigenvalue weighted by Gasteiger charge is 2.55. The number of carbonyl (C=O) groups excluding carboxylic acids is 1. The van der Waals surface area contributed by atoms with Gasteiger partial charge in [-0.05, 0) is 30.7 Å². The summed E-state index contributed by atoms with van der Waals surface area (Å²) in [4.78, 5) is 36.7. The van der Waals surface area contributed by atoms with Gasteiger partial charge in [-0.1, -0.05) is 42.5 Å². The van der Waals surface area contributed by atoms with Gasteiger partial charge in [0.25, 0.3) is 0 Å². The van der Waals surface area contributed by atoms with E-state index in [1.54, 1.807) is 17.6 Å². The fraction of sp³-hybridized carbons (Fsp3) is 0.250. The quantitative estimate of drug-likeness (QED) is 0.283. The standard InChI is InChI=1S/C28H25FN6O7/c1-2-30-28(38)34-23-19-24(32-13-31-23)35(14-33-19)25-21-22(40-18(39-21)12-11-15-7-4-3-5-8-15)27(42-25)41-20-16(26(36)37)9-6-10-17(20)29/h3-14,18,21-22,25,27H,2H2,1H3,(H,36,37)(H2,30,31,32,34,38)/t18-,21?,22?,25?,27?/m1/s1. The van der Waals surface area contributed by atoms with Crippen LogP contribution in [0.3, 0.4) is 0 Å². The molecule has 4 heterocycles. The molecule has 13 nitrogen and oxygen atoms in total. The van der Waals surface area contributed by atoms with Crippen molar-refractivity contribution in [1.29, 1.82) is 0 Å². The van der Waals surface area contributed by atoms with Crippen LogP contribution in [0, 0.1) is 5.82 Å². The third-order valence-corrected chi connectivity index (χ3v) is 6.61. The van der Waals surface area contributed by atoms with Crippen LogP contribution in [0.5, 0.6) is 5.75 Å². The number of carboxylic acids is 1. The number of anilines is 1. The highest BCUT2D eigenvalue weighted by molar-refractivity contribution is 5.95. The maximum absolute atomic E-state index is 14.8. The fourth-order valence-corrected chi connectivity index (χ4v) is 4.76. The first-order valence-electron chi connectivity index (χ1n) is 13.0. The number of benzene rings is 2. The van der Waals surface area contributed by atoms with Crippen LogP contribution in [0.1, 0.15) is 29.1 Å². The molecule has 14 heteroatoms. The van der Waals surface area contributed by atoms with Crippen molar-refractivity contribution >= 4 is 35.1 Å². The first-order chi connectivity index (χ1) is 20.4. The molecule has 2 fully saturated rings. The summed E-state index contributed by atoms with van der Waals surface area (Å²) in [7, 11) is 0. The van der Waals surface area contributed by atoms with Crippen LogP contribution in [-0.4, -0.2) is 68.0 Å². The van der Waals surface area contributed by atoms with E-state index in [0.29, 0.717) is 12.2 Å². The largest absolute Gasteiger partial charge is 0.478 e. The van der Waals surface area contributed by atoms with Crippen LogP contribution in [-0.2, 0) is 14.2 Å². The molecule has 42 heavy (non-hydrogen) atoms. The molecule has 2 aromatic heterocycles. The van der Waals surface area contributed by atoms with Gasteiger partial charge in [0.05, 0.1) is 6.33 Å². The highest BCUT2D eigenvalue weighted by atomic mass is 19.1. The minimum atomic E-state index is -1.37. The molecular weight excluding hydrogens is 551 g/mol. The number of aromatic nitrogens is 4. The number of fused-ring (bicyclic) bond motifs is 2. The van der Waals surface area contributed by atoms with Gasteiger partial charge in [-0.25, -0.2) is 28.9 Å². The Morgan fingerprint density at radius 3 is 2.67 bits per heavy atom. The first kappa shape index (κ1) is 27.3. The minimum absolute atomic E-state index is 0.178. The van der Waals surface area contributed by atoms with Crippen molar-refractivity contribution < 1.29 is 38.0 Å². The van der Waals surface area contributed by atoms with Crippen LogP contribution in [0.15, 0.2) is 67.3 Å². The number of carboxylic acid groups (broad SMARTS) is 1. The summed E-state index contributed by atoms with van der Waals surface area (Å²) in [5, 5.41) is 14.9. The van der Waals surface area contributed by atoms with Gasteiger partial charge >= 0.3 is 12.0 Å². The van der Waals surface area contributed by atoms with Gasteiger partial charge in [-0.3, -0.25) is 9.88 Å². The number of para-hydroxylation sites is 1. The number of carbonyl (C=O) groups is 2. The molecule has 5 atom stereocenters. The molecule has 0 bridgehead atoms. The first-order valence-corrected chi connectivity index (χ1v) is 13.0. The summed E-state index contributed by atoms with van der Waals surface area (Å²) in [6.07, 6.45) is 1.53. The molecule has 2 aliphatic heterocycles. The summed E-state index contributed by atoms with van der Waals surface area (Å²) in [5.41, 5.74) is 1.14. The SMILES string of the molecule is CCNC(=O)Nc1ncnc2c1ncn2C1OC(Oc2c(F)cccc2C(=O)O)C2O[C@H](C=Cc3ccccc3)OC21. The van der Waals surface area contributed by atoms with E-state index in [2.05, 4.69) is 25.6 Å². The molecule has 3 N–H and O–H groups in total. The van der Waals surface area contributed by atoms with Crippen molar-refractivity contribution in [3.05, 3.63) is 84.2 Å². The van der Waals surface area contributed by atoms with Crippen molar-refractivity contribution in [3.8, 4) is 5.75 Å². The molecule has 2 amide bonds. The molecule has 4 unspecified atom stereocenters. The Morgan fingerprint density at radius 1 is 1.07 bits per heavy atom. The normalized spacial score (nSPS) is 23.2. The number of imidazole rings is 1. The lowest BCUT2D eigenvalue weighted by Crippen LogP contribution is -2.33. The molecule has 0 radical (unpaired) electrons. The van der Waals surface area contributed by atoms with Gasteiger partial charge < -0.3 is 29.4 Å². The van der Waals surface area contributed by atoms with Crippen LogP contribution in [0.2, 0.25) is 0 Å². The topological polar surface area (TPSA) is 159 Å². The zero-order valence-corrected chi connectivity index (χ0v) is 22.1. The van der Waals surface area contributed by atoms with E-state index < -0.39 is 54.6 Å². The van der Waals surface area contributed by atoms with Crippen molar-refractivity contribution in [2.75, 3.05) is 11.9 Å². The molecule has 2 aliphatic rings. The molecule has 0 aliphatic carbocycles. The van der Waals surface area contributed by atoms with Gasteiger partial charge in [0, 0.05) is 6.54 Å². The molecule has 0 spiro atoms. The van der Waals surface area contributed by atoms with Crippen molar-refractivity contribution in [2.45, 2.75) is 37.9 Å². The smallest absolute Gasteiger partial charge is 0.339 e. The summed E-state index contributed by atoms with van der Waals surface area (Å²) in [6, 6.07) is 12.7. The van der Waals surface area contributed by atoms with Crippen LogP contribution < -0.4 is 15.4 Å². The Morgan fingerprint density at radius 2 is 1.88 bits per heavy atom. The molecular formula is C28H25FN6O7. The Bertz CT molecular complexity index is 1650. The predicted octanol–water partition coefficient (Wildman–Crippen LogP) is 3.56. The Kier molecular flexibility index (Phi) is 7.48. The lowest BCUT2D eigenvalue weighted by atomic mass is 10.2. The molecule has 2 aromatic carbocycles. The van der Waals surface area contributed by atoms with E-state index >= 15 is 0 Å². The third-order valence-electron chi connectivity index (χ3n) is 6.61. The molecule has 6 rings (SSSR count). The summed E-state index contributed by atoms with van der Waals surface area (Å²) in [5.74, 6) is -2.56. The van der Waals surface area contributed by atoms with E-state index in [4.69, 9.17) is 18.9 Å². The number of aromatic carboxylic acids is 1. The number of ether oxygens (including phenoxy) is 4. The number of hydrogen-bond acceptors (Lipinski definition) is 9. The molecule has 4 aromatic rings. The number of nitrogens with one attached hydrogen (secondary N) is 2. The Balaban J connectivity index is 1.33. The van der Waals surface area contributed by atoms with Crippen LogP contribution >= 0.6 is 0 Å². The highest BCUT2D eigenvalue weighted by Crippen LogP contribution is 2.42. The van der Waals surface area contributed by atoms with Crippen LogP contribution in [0.4, 0.5) is 15.0 Å². The molecule has 2 saturated heterocycles. The zero-order chi connectivity index (χ0) is 29.2. The predicted molar refractivity (Wildman–Crippen MR) is 145 cm³/mol. The van der Waals surface area contributed by atoms with E-state index in [1.165, 1.54) is 24.8 Å². The summed E-state index contributed by atoms with van der Waals surface area (Å²) < 4.78 is 40.6. The van der Waals surface area contributed by atoms with E-state index in [1.807, 2.05) is 36.4 Å². The number of urea groups is 1. The lowest BCUT2D eigenvalue weighted by molar-refractivity contribution is -0.177.